The van der Waals surface area contributed by atoms with Gasteiger partial charge in [0.25, 0.3) is 0 Å². The molecule has 0 aromatic carbocycles. The van der Waals surface area contributed by atoms with E-state index in [1.807, 2.05) is 0 Å². The number of rotatable bonds is 8. The van der Waals surface area contributed by atoms with Gasteiger partial charge in [0, 0.05) is 6.42 Å². The van der Waals surface area contributed by atoms with E-state index >= 15 is 0 Å². The predicted octanol–water partition coefficient (Wildman–Crippen LogP) is 2.05. The number of nitrogens with one attached hydrogen (secondary N) is 3. The maximum atomic E-state index is 4.03. The van der Waals surface area contributed by atoms with Crippen LogP contribution in [0.5, 0.6) is 0 Å². The van der Waals surface area contributed by atoms with Crippen molar-refractivity contribution in [1.82, 2.24) is 16.5 Å². The number of hydrazone groups is 1. The zero-order valence-corrected chi connectivity index (χ0v) is 9.10. The fourth-order valence-electron chi connectivity index (χ4n) is 1.59. The summed E-state index contributed by atoms with van der Waals surface area (Å²) in [5.41, 5.74) is 8.36. The van der Waals surface area contributed by atoms with Crippen molar-refractivity contribution in [2.24, 2.45) is 5.10 Å². The van der Waals surface area contributed by atoms with E-state index in [9.17, 15) is 0 Å². The molecule has 82 valence electrons. The van der Waals surface area contributed by atoms with Crippen LogP contribution in [0.25, 0.3) is 0 Å². The molecule has 0 fully saturated rings. The third-order valence-electron chi connectivity index (χ3n) is 2.47. The Balaban J connectivity index is 1.80. The Morgan fingerprint density at radius 3 is 2.36 bits per heavy atom. The van der Waals surface area contributed by atoms with Crippen molar-refractivity contribution < 1.29 is 0 Å². The first-order valence-electron chi connectivity index (χ1n) is 5.76. The summed E-state index contributed by atoms with van der Waals surface area (Å²) >= 11 is 0. The molecule has 0 unspecified atom stereocenters. The van der Waals surface area contributed by atoms with Crippen LogP contribution in [0.2, 0.25) is 0 Å². The molecule has 4 heteroatoms. The van der Waals surface area contributed by atoms with Gasteiger partial charge in [-0.05, 0) is 6.42 Å². The van der Waals surface area contributed by atoms with E-state index in [1.165, 1.54) is 44.9 Å². The van der Waals surface area contributed by atoms with Crippen LogP contribution in [0.15, 0.2) is 5.10 Å². The topological polar surface area (TPSA) is 48.5 Å². The molecule has 0 saturated carbocycles. The largest absolute Gasteiger partial charge is 0.289 e. The van der Waals surface area contributed by atoms with Crippen molar-refractivity contribution in [3.63, 3.8) is 0 Å². The highest BCUT2D eigenvalue weighted by atomic mass is 15.8. The summed E-state index contributed by atoms with van der Waals surface area (Å²) in [4.78, 5) is 0. The van der Waals surface area contributed by atoms with Crippen LogP contribution in [0.3, 0.4) is 0 Å². The minimum Gasteiger partial charge on any atom is -0.289 e. The molecule has 14 heavy (non-hydrogen) atoms. The second kappa shape index (κ2) is 7.62. The Kier molecular flexibility index (Phi) is 6.15. The number of hydrazine groups is 2. The highest BCUT2D eigenvalue weighted by Crippen LogP contribution is 2.08. The van der Waals surface area contributed by atoms with Gasteiger partial charge in [0.05, 0.1) is 0 Å². The van der Waals surface area contributed by atoms with Gasteiger partial charge in [-0.1, -0.05) is 45.4 Å². The molecule has 0 aromatic rings. The molecule has 4 nitrogen and oxygen atoms in total. The molecular weight excluding hydrogens is 176 g/mol. The van der Waals surface area contributed by atoms with Gasteiger partial charge < -0.3 is 0 Å². The maximum absolute atomic E-state index is 4.03. The van der Waals surface area contributed by atoms with Crippen LogP contribution in [-0.2, 0) is 0 Å². The first-order valence-corrected chi connectivity index (χ1v) is 5.76. The molecule has 0 spiro atoms. The van der Waals surface area contributed by atoms with E-state index in [2.05, 4.69) is 28.5 Å². The average Bonchev–Trinajstić information content (AvgIpc) is 2.69. The summed E-state index contributed by atoms with van der Waals surface area (Å²) < 4.78 is 0. The molecule has 0 aromatic heterocycles. The lowest BCUT2D eigenvalue weighted by molar-refractivity contribution is 0.572. The van der Waals surface area contributed by atoms with Crippen molar-refractivity contribution in [3.8, 4) is 0 Å². The highest BCUT2D eigenvalue weighted by molar-refractivity contribution is 5.82. The number of amidine groups is 1. The minimum absolute atomic E-state index is 1.03. The minimum atomic E-state index is 1.03. The maximum Gasteiger partial charge on any atom is 0.139 e. The molecular formula is C10H22N4. The summed E-state index contributed by atoms with van der Waals surface area (Å²) in [6.07, 6.45) is 10.5. The number of nitrogens with zero attached hydrogens (tertiary/aromatic N) is 1. The standard InChI is InChI=1S/C10H22N4/c1-2-3-4-5-6-7-8-9-10-11-13-14-12-10/h13-14H,2-9H2,1H3,(H,11,12). The van der Waals surface area contributed by atoms with Crippen LogP contribution in [0.4, 0.5) is 0 Å². The Hall–Kier alpha value is -0.770. The van der Waals surface area contributed by atoms with E-state index in [0.29, 0.717) is 0 Å². The van der Waals surface area contributed by atoms with Crippen LogP contribution < -0.4 is 16.5 Å². The van der Waals surface area contributed by atoms with Crippen molar-refractivity contribution >= 4 is 5.84 Å². The van der Waals surface area contributed by atoms with E-state index in [1.54, 1.807) is 0 Å². The highest BCUT2D eigenvalue weighted by Gasteiger charge is 2.02. The summed E-state index contributed by atoms with van der Waals surface area (Å²) in [5.74, 6) is 1.03. The first-order chi connectivity index (χ1) is 6.93. The third-order valence-corrected chi connectivity index (χ3v) is 2.47. The molecule has 0 atom stereocenters. The second-order valence-corrected chi connectivity index (χ2v) is 3.79. The summed E-state index contributed by atoms with van der Waals surface area (Å²) in [5, 5.41) is 4.03. The van der Waals surface area contributed by atoms with E-state index in [-0.39, 0.29) is 0 Å². The fraction of sp³-hybridized carbons (Fsp3) is 0.900. The lowest BCUT2D eigenvalue weighted by Gasteiger charge is -2.01. The van der Waals surface area contributed by atoms with Gasteiger partial charge in [-0.3, -0.25) is 5.43 Å². The first kappa shape index (κ1) is 11.3. The zero-order valence-electron chi connectivity index (χ0n) is 9.10. The monoisotopic (exact) mass is 198 g/mol. The normalized spacial score (nSPS) is 14.8. The van der Waals surface area contributed by atoms with Gasteiger partial charge >= 0.3 is 0 Å². The van der Waals surface area contributed by atoms with E-state index in [4.69, 9.17) is 0 Å². The van der Waals surface area contributed by atoms with Crippen LogP contribution >= 0.6 is 0 Å². The molecule has 0 bridgehead atoms. The van der Waals surface area contributed by atoms with Crippen molar-refractivity contribution in [2.45, 2.75) is 58.3 Å². The summed E-state index contributed by atoms with van der Waals surface area (Å²) in [6.45, 7) is 2.25. The molecule has 0 radical (unpaired) electrons. The van der Waals surface area contributed by atoms with E-state index in [0.717, 1.165) is 12.3 Å². The second-order valence-electron chi connectivity index (χ2n) is 3.79. The Morgan fingerprint density at radius 2 is 1.71 bits per heavy atom. The number of unbranched alkanes of at least 4 members (excludes halogenated alkanes) is 6. The van der Waals surface area contributed by atoms with Gasteiger partial charge in [-0.15, -0.1) is 10.6 Å². The smallest absolute Gasteiger partial charge is 0.139 e. The van der Waals surface area contributed by atoms with Gasteiger partial charge in [0.1, 0.15) is 5.84 Å². The van der Waals surface area contributed by atoms with E-state index < -0.39 is 0 Å². The number of hydrogen-bond acceptors (Lipinski definition) is 4. The van der Waals surface area contributed by atoms with Crippen LogP contribution in [0.1, 0.15) is 58.3 Å². The molecule has 1 aliphatic rings. The van der Waals surface area contributed by atoms with Gasteiger partial charge in [0.2, 0.25) is 0 Å². The Bertz CT molecular complexity index is 168. The van der Waals surface area contributed by atoms with Crippen LogP contribution in [0, 0.1) is 0 Å². The average molecular weight is 198 g/mol. The predicted molar refractivity (Wildman–Crippen MR) is 59.5 cm³/mol. The SMILES string of the molecule is CCCCCCCCCC1=NNNN1. The Labute approximate surface area is 86.5 Å². The molecule has 0 aliphatic carbocycles. The molecule has 1 heterocycles. The van der Waals surface area contributed by atoms with Crippen molar-refractivity contribution in [2.75, 3.05) is 0 Å². The fourth-order valence-corrected chi connectivity index (χ4v) is 1.59. The van der Waals surface area contributed by atoms with Crippen LogP contribution in [-0.4, -0.2) is 5.84 Å². The lowest BCUT2D eigenvalue weighted by Crippen LogP contribution is -2.34. The van der Waals surface area contributed by atoms with Gasteiger partial charge in [-0.25, -0.2) is 5.53 Å². The Morgan fingerprint density at radius 1 is 1.00 bits per heavy atom. The number of hydrogen-bond donors (Lipinski definition) is 3. The molecule has 1 rings (SSSR count). The molecule has 1 aliphatic heterocycles. The third kappa shape index (κ3) is 5.07. The summed E-state index contributed by atoms with van der Waals surface area (Å²) in [7, 11) is 0. The lowest BCUT2D eigenvalue weighted by atomic mass is 10.1. The summed E-state index contributed by atoms with van der Waals surface area (Å²) in [6, 6.07) is 0. The van der Waals surface area contributed by atoms with Crippen molar-refractivity contribution in [3.05, 3.63) is 0 Å². The quantitative estimate of drug-likeness (QED) is 0.523. The van der Waals surface area contributed by atoms with Crippen molar-refractivity contribution in [1.29, 1.82) is 0 Å². The zero-order chi connectivity index (χ0) is 10.1. The van der Waals surface area contributed by atoms with Gasteiger partial charge in [-0.2, -0.15) is 0 Å². The molecule has 0 saturated heterocycles. The van der Waals surface area contributed by atoms with Gasteiger partial charge in [0.15, 0.2) is 0 Å². The molecule has 0 amide bonds. The molecule has 3 N–H and O–H groups in total.